The second-order valence-electron chi connectivity index (χ2n) is 7.06. The van der Waals surface area contributed by atoms with Gasteiger partial charge in [-0.15, -0.1) is 0 Å². The summed E-state index contributed by atoms with van der Waals surface area (Å²) >= 11 is 1.53. The van der Waals surface area contributed by atoms with Gasteiger partial charge in [0.1, 0.15) is 0 Å². The number of morpholine rings is 1. The van der Waals surface area contributed by atoms with E-state index in [1.807, 2.05) is 0 Å². The van der Waals surface area contributed by atoms with Crippen molar-refractivity contribution >= 4 is 16.9 Å². The van der Waals surface area contributed by atoms with E-state index in [4.69, 9.17) is 4.74 Å². The molecule has 21 heavy (non-hydrogen) atoms. The lowest BCUT2D eigenvalue weighted by Gasteiger charge is -2.27. The van der Waals surface area contributed by atoms with Crippen LogP contribution in [0.15, 0.2) is 0 Å². The molecule has 1 fully saturated rings. The monoisotopic (exact) mass is 315 g/mol. The molecular weight excluding hydrogens is 282 g/mol. The summed E-state index contributed by atoms with van der Waals surface area (Å²) in [4.78, 5) is 14.3. The highest BCUT2D eigenvalue weighted by molar-refractivity contribution is 8.13. The quantitative estimate of drug-likeness (QED) is 0.647. The molecule has 124 valence electrons. The van der Waals surface area contributed by atoms with Gasteiger partial charge in [-0.25, -0.2) is 0 Å². The minimum Gasteiger partial charge on any atom is -0.379 e. The topological polar surface area (TPSA) is 29.5 Å². The van der Waals surface area contributed by atoms with Gasteiger partial charge >= 0.3 is 0 Å². The third-order valence-electron chi connectivity index (χ3n) is 4.38. The maximum absolute atomic E-state index is 12.0. The molecule has 0 aromatic carbocycles. The van der Waals surface area contributed by atoms with Crippen LogP contribution in [-0.4, -0.2) is 48.6 Å². The Morgan fingerprint density at radius 2 is 2.00 bits per heavy atom. The van der Waals surface area contributed by atoms with Gasteiger partial charge in [-0.2, -0.15) is 0 Å². The maximum Gasteiger partial charge on any atom is 0.190 e. The number of hydrogen-bond acceptors (Lipinski definition) is 4. The zero-order chi connectivity index (χ0) is 15.7. The van der Waals surface area contributed by atoms with Crippen molar-refractivity contribution in [3.63, 3.8) is 0 Å². The maximum atomic E-state index is 12.0. The summed E-state index contributed by atoms with van der Waals surface area (Å²) in [5, 5.41) is 0.348. The number of carbonyl (C=O) groups excluding carboxylic acids is 1. The summed E-state index contributed by atoms with van der Waals surface area (Å²) < 4.78 is 5.32. The molecule has 0 bridgehead atoms. The molecule has 3 nitrogen and oxygen atoms in total. The molecule has 0 saturated carbocycles. The normalized spacial score (nSPS) is 18.7. The Hall–Kier alpha value is -0.0600. The fourth-order valence-electron chi connectivity index (χ4n) is 2.78. The van der Waals surface area contributed by atoms with Crippen LogP contribution < -0.4 is 0 Å². The lowest BCUT2D eigenvalue weighted by Crippen LogP contribution is -2.37. The smallest absolute Gasteiger partial charge is 0.190 e. The molecule has 1 rings (SSSR count). The van der Waals surface area contributed by atoms with E-state index in [2.05, 4.69) is 32.6 Å². The average molecular weight is 316 g/mol. The van der Waals surface area contributed by atoms with E-state index in [9.17, 15) is 4.79 Å². The van der Waals surface area contributed by atoms with Crippen LogP contribution in [0, 0.1) is 11.3 Å². The van der Waals surface area contributed by atoms with Crippen LogP contribution >= 0.6 is 11.8 Å². The van der Waals surface area contributed by atoms with Gasteiger partial charge in [0.15, 0.2) is 5.12 Å². The van der Waals surface area contributed by atoms with Gasteiger partial charge in [0.05, 0.1) is 13.2 Å². The molecule has 0 radical (unpaired) electrons. The summed E-state index contributed by atoms with van der Waals surface area (Å²) in [6.07, 6.45) is 4.31. The van der Waals surface area contributed by atoms with Gasteiger partial charge in [-0.3, -0.25) is 9.69 Å². The van der Waals surface area contributed by atoms with Crippen molar-refractivity contribution in [1.82, 2.24) is 4.90 Å². The molecule has 1 aliphatic rings. The zero-order valence-corrected chi connectivity index (χ0v) is 15.1. The van der Waals surface area contributed by atoms with E-state index < -0.39 is 0 Å². The molecule has 4 heteroatoms. The standard InChI is InChI=1S/C17H33NO2S/c1-5-15(2)14-17(3,4)7-13-21-16(19)6-8-18-9-11-20-12-10-18/h15H,5-14H2,1-4H3. The number of ether oxygens (including phenoxy) is 1. The van der Waals surface area contributed by atoms with E-state index in [-0.39, 0.29) is 0 Å². The predicted octanol–water partition coefficient (Wildman–Crippen LogP) is 3.82. The number of rotatable bonds is 9. The van der Waals surface area contributed by atoms with E-state index in [0.717, 1.165) is 50.9 Å². The Balaban J connectivity index is 2.11. The first kappa shape index (κ1) is 19.0. The third kappa shape index (κ3) is 8.84. The van der Waals surface area contributed by atoms with Gasteiger partial charge in [0, 0.05) is 31.8 Å². The molecule has 1 atom stereocenters. The molecule has 1 aliphatic heterocycles. The summed E-state index contributed by atoms with van der Waals surface area (Å²) in [5.74, 6) is 1.74. The van der Waals surface area contributed by atoms with E-state index in [1.54, 1.807) is 0 Å². The molecule has 0 aromatic rings. The van der Waals surface area contributed by atoms with Crippen LogP contribution in [0.25, 0.3) is 0 Å². The molecule has 1 heterocycles. The molecule has 0 spiro atoms. The Kier molecular flexibility index (Phi) is 8.91. The van der Waals surface area contributed by atoms with Crippen LogP contribution in [0.4, 0.5) is 0 Å². The van der Waals surface area contributed by atoms with Crippen molar-refractivity contribution in [2.75, 3.05) is 38.6 Å². The second-order valence-corrected chi connectivity index (χ2v) is 8.21. The van der Waals surface area contributed by atoms with E-state index in [0.29, 0.717) is 17.0 Å². The Morgan fingerprint density at radius 3 is 2.62 bits per heavy atom. The van der Waals surface area contributed by atoms with Crippen LogP contribution in [0.5, 0.6) is 0 Å². The Bertz CT molecular complexity index is 301. The molecule has 0 N–H and O–H groups in total. The van der Waals surface area contributed by atoms with Crippen LogP contribution in [-0.2, 0) is 9.53 Å². The first-order chi connectivity index (χ1) is 9.93. The van der Waals surface area contributed by atoms with Crippen LogP contribution in [0.1, 0.15) is 53.4 Å². The number of thioether (sulfide) groups is 1. The van der Waals surface area contributed by atoms with Gasteiger partial charge in [0.2, 0.25) is 0 Å². The minimum absolute atomic E-state index is 0.348. The van der Waals surface area contributed by atoms with Crippen molar-refractivity contribution in [2.24, 2.45) is 11.3 Å². The minimum atomic E-state index is 0.348. The van der Waals surface area contributed by atoms with Crippen LogP contribution in [0.2, 0.25) is 0 Å². The molecule has 0 amide bonds. The van der Waals surface area contributed by atoms with Crippen molar-refractivity contribution in [2.45, 2.75) is 53.4 Å². The predicted molar refractivity (Wildman–Crippen MR) is 91.8 cm³/mol. The lowest BCUT2D eigenvalue weighted by atomic mass is 9.80. The first-order valence-corrected chi connectivity index (χ1v) is 9.37. The van der Waals surface area contributed by atoms with E-state index >= 15 is 0 Å². The van der Waals surface area contributed by atoms with Crippen molar-refractivity contribution in [3.8, 4) is 0 Å². The Morgan fingerprint density at radius 1 is 1.33 bits per heavy atom. The average Bonchev–Trinajstić information content (AvgIpc) is 2.45. The summed E-state index contributed by atoms with van der Waals surface area (Å²) in [6.45, 7) is 13.7. The van der Waals surface area contributed by atoms with Crippen molar-refractivity contribution < 1.29 is 9.53 Å². The van der Waals surface area contributed by atoms with Crippen molar-refractivity contribution in [1.29, 1.82) is 0 Å². The highest BCUT2D eigenvalue weighted by Crippen LogP contribution is 2.32. The first-order valence-electron chi connectivity index (χ1n) is 8.38. The second kappa shape index (κ2) is 9.86. The highest BCUT2D eigenvalue weighted by Gasteiger charge is 2.21. The highest BCUT2D eigenvalue weighted by atomic mass is 32.2. The molecule has 1 unspecified atom stereocenters. The molecular formula is C17H33NO2S. The molecule has 1 saturated heterocycles. The van der Waals surface area contributed by atoms with Gasteiger partial charge < -0.3 is 4.74 Å². The van der Waals surface area contributed by atoms with E-state index in [1.165, 1.54) is 24.6 Å². The molecule has 0 aliphatic carbocycles. The van der Waals surface area contributed by atoms with Gasteiger partial charge in [-0.1, -0.05) is 45.9 Å². The largest absolute Gasteiger partial charge is 0.379 e. The zero-order valence-electron chi connectivity index (χ0n) is 14.3. The van der Waals surface area contributed by atoms with Crippen molar-refractivity contribution in [3.05, 3.63) is 0 Å². The van der Waals surface area contributed by atoms with Gasteiger partial charge in [0.25, 0.3) is 0 Å². The number of hydrogen-bond donors (Lipinski definition) is 0. The van der Waals surface area contributed by atoms with Gasteiger partial charge in [-0.05, 0) is 24.2 Å². The Labute approximate surface area is 135 Å². The summed E-state index contributed by atoms with van der Waals surface area (Å²) in [6, 6.07) is 0. The lowest BCUT2D eigenvalue weighted by molar-refractivity contribution is -0.111. The summed E-state index contributed by atoms with van der Waals surface area (Å²) in [5.41, 5.74) is 0.354. The molecule has 0 aromatic heterocycles. The SMILES string of the molecule is CCC(C)CC(C)(C)CCSC(=O)CCN1CCOCC1. The fraction of sp³-hybridized carbons (Fsp3) is 0.941. The third-order valence-corrected chi connectivity index (χ3v) is 5.31. The summed E-state index contributed by atoms with van der Waals surface area (Å²) in [7, 11) is 0. The number of carbonyl (C=O) groups is 1. The fourth-order valence-corrected chi connectivity index (χ4v) is 3.90. The van der Waals surface area contributed by atoms with Crippen LogP contribution in [0.3, 0.4) is 0 Å². The number of nitrogens with zero attached hydrogens (tertiary/aromatic N) is 1.